The van der Waals surface area contributed by atoms with Crippen LogP contribution in [-0.2, 0) is 5.41 Å². The first-order valence-electron chi connectivity index (χ1n) is 18.1. The van der Waals surface area contributed by atoms with Gasteiger partial charge >= 0.3 is 0 Å². The van der Waals surface area contributed by atoms with Crippen molar-refractivity contribution in [1.29, 1.82) is 0 Å². The van der Waals surface area contributed by atoms with E-state index >= 15 is 0 Å². The van der Waals surface area contributed by atoms with Crippen molar-refractivity contribution >= 4 is 56.3 Å². The highest BCUT2D eigenvalue weighted by Crippen LogP contribution is 2.59. The Morgan fingerprint density at radius 2 is 0.796 bits per heavy atom. The van der Waals surface area contributed by atoms with E-state index in [-0.39, 0.29) is 5.41 Å². The third-order valence-electron chi connectivity index (χ3n) is 10.7. The molecule has 9 aromatic rings. The van der Waals surface area contributed by atoms with E-state index in [2.05, 4.69) is 84.3 Å². The van der Waals surface area contributed by atoms with Crippen LogP contribution in [0.5, 0.6) is 11.5 Å². The van der Waals surface area contributed by atoms with Crippen molar-refractivity contribution in [2.24, 2.45) is 0 Å². The molecule has 7 nitrogen and oxygen atoms in total. The maximum Gasteiger partial charge on any atom is 0.227 e. The first-order chi connectivity index (χ1) is 26.6. The number of benzene rings is 7. The first kappa shape index (κ1) is 30.5. The van der Waals surface area contributed by atoms with Crippen LogP contribution in [0.2, 0.25) is 0 Å². The van der Waals surface area contributed by atoms with Crippen molar-refractivity contribution in [2.45, 2.75) is 19.3 Å². The molecule has 0 saturated heterocycles. The van der Waals surface area contributed by atoms with E-state index < -0.39 is 0 Å². The van der Waals surface area contributed by atoms with Crippen LogP contribution in [0.1, 0.15) is 25.0 Å². The van der Waals surface area contributed by atoms with E-state index in [9.17, 15) is 0 Å². The molecule has 0 radical (unpaired) electrons. The van der Waals surface area contributed by atoms with E-state index in [1.54, 1.807) is 0 Å². The molecule has 11 rings (SSSR count). The largest absolute Gasteiger partial charge is 0.453 e. The summed E-state index contributed by atoms with van der Waals surface area (Å²) in [7, 11) is 0. The van der Waals surface area contributed by atoms with Crippen molar-refractivity contribution in [3.05, 3.63) is 169 Å². The second kappa shape index (κ2) is 11.4. The normalized spacial score (nSPS) is 14.0. The number of anilines is 6. The highest BCUT2D eigenvalue weighted by atomic mass is 16.5. The minimum Gasteiger partial charge on any atom is -0.453 e. The molecule has 0 N–H and O–H groups in total. The lowest BCUT2D eigenvalue weighted by Gasteiger charge is -2.42. The SMILES string of the molecule is CC1(C)c2ccccc2N(c2c3nc(-c4ccccc4)oc3c(N3c4ccccc4Oc4ccccc43)c3nc(-c4ccccc4)oc23)c2ccccc21. The van der Waals surface area contributed by atoms with Gasteiger partial charge < -0.3 is 18.5 Å². The number of oxazole rings is 2. The smallest absolute Gasteiger partial charge is 0.227 e. The van der Waals surface area contributed by atoms with Crippen molar-refractivity contribution in [3.63, 3.8) is 0 Å². The minimum absolute atomic E-state index is 0.265. The number of fused-ring (bicyclic) bond motifs is 6. The lowest BCUT2D eigenvalue weighted by molar-refractivity contribution is 0.477. The second-order valence-corrected chi connectivity index (χ2v) is 14.2. The molecule has 0 spiro atoms. The topological polar surface area (TPSA) is 67.8 Å². The van der Waals surface area contributed by atoms with Crippen molar-refractivity contribution in [3.8, 4) is 34.4 Å². The quantitative estimate of drug-likeness (QED) is 0.181. The molecule has 2 aliphatic heterocycles. The minimum atomic E-state index is -0.265. The van der Waals surface area contributed by atoms with Gasteiger partial charge in [-0.3, -0.25) is 4.90 Å². The van der Waals surface area contributed by atoms with Crippen LogP contribution in [-0.4, -0.2) is 9.97 Å². The highest BCUT2D eigenvalue weighted by molar-refractivity contribution is 6.19. The Balaban J connectivity index is 1.33. The first-order valence-corrected chi connectivity index (χ1v) is 18.1. The molecular formula is C47H32N4O3. The zero-order valence-corrected chi connectivity index (χ0v) is 29.5. The Morgan fingerprint density at radius 1 is 0.426 bits per heavy atom. The van der Waals surface area contributed by atoms with E-state index in [1.807, 2.05) is 97.1 Å². The van der Waals surface area contributed by atoms with Crippen LogP contribution >= 0.6 is 0 Å². The Morgan fingerprint density at radius 3 is 1.26 bits per heavy atom. The van der Waals surface area contributed by atoms with Crippen molar-refractivity contribution in [2.75, 3.05) is 9.80 Å². The standard InChI is InChI=1S/C47H32N4O3/c1-47(2)31-21-9-11-23-33(31)50(34-24-12-10-22-32(34)47)41-39-44(54-45(48-39)29-17-5-3-6-18-29)42(40-43(41)53-46(49-40)30-19-7-4-8-20-30)51-35-25-13-15-27-37(35)52-38-28-16-14-26-36(38)51/h3-28H,1-2H3. The molecule has 0 saturated carbocycles. The number of hydrogen-bond acceptors (Lipinski definition) is 7. The van der Waals surface area contributed by atoms with Gasteiger partial charge in [0.2, 0.25) is 11.8 Å². The molecule has 0 amide bonds. The number of aromatic nitrogens is 2. The van der Waals surface area contributed by atoms with Gasteiger partial charge in [-0.1, -0.05) is 111 Å². The average molecular weight is 701 g/mol. The molecule has 0 atom stereocenters. The van der Waals surface area contributed by atoms with E-state index in [0.717, 1.165) is 51.1 Å². The molecular weight excluding hydrogens is 669 g/mol. The predicted octanol–water partition coefficient (Wildman–Crippen LogP) is 13.0. The van der Waals surface area contributed by atoms with E-state index in [4.69, 9.17) is 23.5 Å². The molecule has 2 aliphatic rings. The van der Waals surface area contributed by atoms with E-state index in [0.29, 0.717) is 39.7 Å². The highest BCUT2D eigenvalue weighted by Gasteiger charge is 2.41. The zero-order valence-electron chi connectivity index (χ0n) is 29.5. The molecule has 4 heterocycles. The summed E-state index contributed by atoms with van der Waals surface area (Å²) in [6.07, 6.45) is 0. The van der Waals surface area contributed by atoms with Crippen LogP contribution in [0.3, 0.4) is 0 Å². The Kier molecular flexibility index (Phi) is 6.46. The summed E-state index contributed by atoms with van der Waals surface area (Å²) in [6, 6.07) is 53.4. The summed E-state index contributed by atoms with van der Waals surface area (Å²) in [6.45, 7) is 4.57. The van der Waals surface area contributed by atoms with Crippen LogP contribution < -0.4 is 14.5 Å². The Labute approximate surface area is 311 Å². The zero-order chi connectivity index (χ0) is 36.0. The van der Waals surface area contributed by atoms with Gasteiger partial charge in [0.15, 0.2) is 22.7 Å². The second-order valence-electron chi connectivity index (χ2n) is 14.2. The summed E-state index contributed by atoms with van der Waals surface area (Å²) < 4.78 is 20.6. The summed E-state index contributed by atoms with van der Waals surface area (Å²) in [5.41, 5.74) is 11.6. The molecule has 0 fully saturated rings. The van der Waals surface area contributed by atoms with Gasteiger partial charge in [-0.2, -0.15) is 0 Å². The summed E-state index contributed by atoms with van der Waals surface area (Å²) >= 11 is 0. The maximum atomic E-state index is 7.06. The fraction of sp³-hybridized carbons (Fsp3) is 0.0638. The predicted molar refractivity (Wildman–Crippen MR) is 214 cm³/mol. The summed E-state index contributed by atoms with van der Waals surface area (Å²) in [5, 5.41) is 0. The molecule has 0 unspecified atom stereocenters. The molecule has 0 bridgehead atoms. The summed E-state index contributed by atoms with van der Waals surface area (Å²) in [4.78, 5) is 15.2. The third-order valence-corrected chi connectivity index (χ3v) is 10.7. The maximum absolute atomic E-state index is 7.06. The molecule has 7 heteroatoms. The van der Waals surface area contributed by atoms with Crippen molar-refractivity contribution < 1.29 is 13.6 Å². The van der Waals surface area contributed by atoms with Gasteiger partial charge in [-0.05, 0) is 71.8 Å². The van der Waals surface area contributed by atoms with E-state index in [1.165, 1.54) is 11.1 Å². The lowest BCUT2D eigenvalue weighted by atomic mass is 9.73. The average Bonchev–Trinajstić information content (AvgIpc) is 3.87. The number of hydrogen-bond donors (Lipinski definition) is 0. The number of para-hydroxylation sites is 6. The van der Waals surface area contributed by atoms with Crippen LogP contribution in [0, 0.1) is 0 Å². The molecule has 0 aliphatic carbocycles. The third kappa shape index (κ3) is 4.35. The van der Waals surface area contributed by atoms with Gasteiger partial charge in [-0.15, -0.1) is 0 Å². The molecule has 7 aromatic carbocycles. The Bertz CT molecular complexity index is 2720. The Hall–Kier alpha value is -7.12. The van der Waals surface area contributed by atoms with Crippen LogP contribution in [0.25, 0.3) is 45.1 Å². The fourth-order valence-electron chi connectivity index (χ4n) is 8.18. The number of rotatable bonds is 4. The van der Waals surface area contributed by atoms with Crippen LogP contribution in [0.4, 0.5) is 34.1 Å². The monoisotopic (exact) mass is 700 g/mol. The van der Waals surface area contributed by atoms with Gasteiger partial charge in [-0.25, -0.2) is 9.97 Å². The van der Waals surface area contributed by atoms with Gasteiger partial charge in [0.25, 0.3) is 0 Å². The lowest BCUT2D eigenvalue weighted by Crippen LogP contribution is -2.30. The molecule has 2 aromatic heterocycles. The summed E-state index contributed by atoms with van der Waals surface area (Å²) in [5.74, 6) is 2.44. The number of ether oxygens (including phenoxy) is 1. The van der Waals surface area contributed by atoms with Crippen molar-refractivity contribution in [1.82, 2.24) is 9.97 Å². The van der Waals surface area contributed by atoms with Crippen LogP contribution in [0.15, 0.2) is 167 Å². The number of nitrogens with zero attached hydrogens (tertiary/aromatic N) is 4. The van der Waals surface area contributed by atoms with Gasteiger partial charge in [0, 0.05) is 16.5 Å². The van der Waals surface area contributed by atoms with Gasteiger partial charge in [0.1, 0.15) is 22.4 Å². The van der Waals surface area contributed by atoms with Gasteiger partial charge in [0.05, 0.1) is 22.7 Å². The fourth-order valence-corrected chi connectivity index (χ4v) is 8.18. The molecule has 54 heavy (non-hydrogen) atoms. The molecule has 258 valence electrons.